The van der Waals surface area contributed by atoms with Gasteiger partial charge in [-0.25, -0.2) is 0 Å². The van der Waals surface area contributed by atoms with E-state index >= 15 is 0 Å². The summed E-state index contributed by atoms with van der Waals surface area (Å²) in [6.45, 7) is 13.1. The van der Waals surface area contributed by atoms with Crippen LogP contribution in [0.4, 0.5) is 0 Å². The molecule has 0 amide bonds. The smallest absolute Gasteiger partial charge is 0.119 e. The molecule has 0 aromatic heterocycles. The summed E-state index contributed by atoms with van der Waals surface area (Å²) in [5.41, 5.74) is 1.33. The van der Waals surface area contributed by atoms with Crippen molar-refractivity contribution >= 4 is 0 Å². The Labute approximate surface area is 186 Å². The maximum Gasteiger partial charge on any atom is 0.119 e. The van der Waals surface area contributed by atoms with E-state index in [1.165, 1.54) is 0 Å². The Bertz CT molecular complexity index is 607. The van der Waals surface area contributed by atoms with Crippen molar-refractivity contribution in [2.75, 3.05) is 28.2 Å². The van der Waals surface area contributed by atoms with Gasteiger partial charge in [-0.15, -0.1) is 0 Å². The van der Waals surface area contributed by atoms with Crippen LogP contribution in [0.2, 0.25) is 0 Å². The Balaban J connectivity index is 2.91. The molecule has 0 aliphatic heterocycles. The lowest BCUT2D eigenvalue weighted by Gasteiger charge is -2.31. The molecule has 0 spiro atoms. The summed E-state index contributed by atoms with van der Waals surface area (Å²) in [6.07, 6.45) is 6.37. The Morgan fingerprint density at radius 2 is 1.00 bits per heavy atom. The van der Waals surface area contributed by atoms with E-state index in [0.29, 0.717) is 23.6 Å². The molecule has 1 aromatic rings. The fraction of sp³-hybridized carbons (Fsp3) is 0.769. The number of hydrogen-bond acceptors (Lipinski definition) is 4. The van der Waals surface area contributed by atoms with Crippen molar-refractivity contribution in [3.05, 3.63) is 23.3 Å². The molecular formula is C26H48N2O2. The Morgan fingerprint density at radius 3 is 1.27 bits per heavy atom. The van der Waals surface area contributed by atoms with Gasteiger partial charge in [0.1, 0.15) is 11.5 Å². The van der Waals surface area contributed by atoms with Gasteiger partial charge in [-0.2, -0.15) is 0 Å². The van der Waals surface area contributed by atoms with E-state index in [2.05, 4.69) is 79.5 Å². The third kappa shape index (κ3) is 7.46. The SMILES string of the molecule is CC(CCCC(C)(C)c1cc(O)c(C(C)(C)CCCC(C)N(C)C)cc1O)N(C)C. The second kappa shape index (κ2) is 10.9. The minimum atomic E-state index is -0.183. The highest BCUT2D eigenvalue weighted by molar-refractivity contribution is 5.50. The van der Waals surface area contributed by atoms with Crippen LogP contribution in [-0.4, -0.2) is 60.3 Å². The Kier molecular flexibility index (Phi) is 9.69. The molecule has 0 aliphatic carbocycles. The Morgan fingerprint density at radius 1 is 0.700 bits per heavy atom. The molecule has 1 rings (SSSR count). The van der Waals surface area contributed by atoms with E-state index in [0.717, 1.165) is 49.7 Å². The van der Waals surface area contributed by atoms with E-state index in [4.69, 9.17) is 0 Å². The fourth-order valence-electron chi connectivity index (χ4n) is 4.13. The lowest BCUT2D eigenvalue weighted by atomic mass is 9.75. The van der Waals surface area contributed by atoms with Gasteiger partial charge in [-0.05, 0) is 90.7 Å². The molecular weight excluding hydrogens is 372 g/mol. The largest absolute Gasteiger partial charge is 0.508 e. The molecule has 2 unspecified atom stereocenters. The standard InChI is InChI=1S/C26H48N2O2/c1-19(27(7)8)13-11-15-25(3,4)21-17-24(30)22(18-23(21)29)26(5,6)16-12-14-20(2)28(9)10/h17-20,29-30H,11-16H2,1-10H3. The molecule has 1 aromatic carbocycles. The number of phenolic OH excluding ortho intramolecular Hbond substituents is 2. The summed E-state index contributed by atoms with van der Waals surface area (Å²) in [5, 5.41) is 21.7. The third-order valence-corrected chi connectivity index (χ3v) is 7.18. The van der Waals surface area contributed by atoms with Crippen molar-refractivity contribution in [1.82, 2.24) is 9.80 Å². The van der Waals surface area contributed by atoms with Crippen LogP contribution in [0.15, 0.2) is 12.1 Å². The van der Waals surface area contributed by atoms with Gasteiger partial charge >= 0.3 is 0 Å². The summed E-state index contributed by atoms with van der Waals surface area (Å²) in [4.78, 5) is 4.49. The lowest BCUT2D eigenvalue weighted by molar-refractivity contribution is 0.281. The molecule has 0 saturated carbocycles. The van der Waals surface area contributed by atoms with Crippen LogP contribution < -0.4 is 0 Å². The van der Waals surface area contributed by atoms with Crippen molar-refractivity contribution in [2.24, 2.45) is 0 Å². The quantitative estimate of drug-likeness (QED) is 0.414. The number of phenols is 2. The molecule has 0 radical (unpaired) electrons. The first kappa shape index (κ1) is 26.8. The van der Waals surface area contributed by atoms with E-state index in [-0.39, 0.29) is 10.8 Å². The minimum Gasteiger partial charge on any atom is -0.508 e. The first-order chi connectivity index (χ1) is 13.7. The normalized spacial score (nSPS) is 15.1. The molecule has 0 heterocycles. The molecule has 0 bridgehead atoms. The van der Waals surface area contributed by atoms with Crippen molar-refractivity contribution in [2.45, 2.75) is 103 Å². The summed E-state index contributed by atoms with van der Waals surface area (Å²) < 4.78 is 0. The average Bonchev–Trinajstić information content (AvgIpc) is 2.62. The molecule has 4 nitrogen and oxygen atoms in total. The number of benzene rings is 1. The second-order valence-electron chi connectivity index (χ2n) is 11.1. The summed E-state index contributed by atoms with van der Waals surface area (Å²) in [6, 6.07) is 4.71. The topological polar surface area (TPSA) is 46.9 Å². The van der Waals surface area contributed by atoms with Crippen LogP contribution in [0, 0.1) is 0 Å². The van der Waals surface area contributed by atoms with Gasteiger partial charge in [-0.1, -0.05) is 40.5 Å². The zero-order valence-electron chi connectivity index (χ0n) is 21.3. The average molecular weight is 421 g/mol. The van der Waals surface area contributed by atoms with Gasteiger partial charge in [0.2, 0.25) is 0 Å². The highest BCUT2D eigenvalue weighted by Gasteiger charge is 2.30. The summed E-state index contributed by atoms with van der Waals surface area (Å²) in [5.74, 6) is 0.617. The van der Waals surface area contributed by atoms with E-state index in [1.54, 1.807) is 0 Å². The van der Waals surface area contributed by atoms with Gasteiger partial charge in [0.05, 0.1) is 0 Å². The molecule has 4 heteroatoms. The number of nitrogens with zero attached hydrogens (tertiary/aromatic N) is 2. The lowest BCUT2D eigenvalue weighted by Crippen LogP contribution is -2.26. The van der Waals surface area contributed by atoms with Crippen LogP contribution in [0.25, 0.3) is 0 Å². The first-order valence-corrected chi connectivity index (χ1v) is 11.6. The predicted molar refractivity (Wildman–Crippen MR) is 130 cm³/mol. The maximum absolute atomic E-state index is 10.9. The first-order valence-electron chi connectivity index (χ1n) is 11.6. The third-order valence-electron chi connectivity index (χ3n) is 7.18. The van der Waals surface area contributed by atoms with Crippen molar-refractivity contribution in [1.29, 1.82) is 0 Å². The molecule has 2 atom stereocenters. The van der Waals surface area contributed by atoms with Gasteiger partial charge in [0.25, 0.3) is 0 Å². The molecule has 2 N–H and O–H groups in total. The fourth-order valence-corrected chi connectivity index (χ4v) is 4.13. The van der Waals surface area contributed by atoms with Gasteiger partial charge < -0.3 is 20.0 Å². The van der Waals surface area contributed by atoms with Crippen LogP contribution in [-0.2, 0) is 10.8 Å². The van der Waals surface area contributed by atoms with E-state index in [1.807, 2.05) is 12.1 Å². The molecule has 0 fully saturated rings. The highest BCUT2D eigenvalue weighted by Crippen LogP contribution is 2.43. The van der Waals surface area contributed by atoms with Crippen molar-refractivity contribution < 1.29 is 10.2 Å². The van der Waals surface area contributed by atoms with Crippen molar-refractivity contribution in [3.8, 4) is 11.5 Å². The molecule has 30 heavy (non-hydrogen) atoms. The summed E-state index contributed by atoms with van der Waals surface area (Å²) in [7, 11) is 8.45. The zero-order chi connectivity index (χ0) is 23.3. The maximum atomic E-state index is 10.9. The summed E-state index contributed by atoms with van der Waals surface area (Å²) >= 11 is 0. The Hall–Kier alpha value is -1.26. The predicted octanol–water partition coefficient (Wildman–Crippen LogP) is 5.89. The van der Waals surface area contributed by atoms with Gasteiger partial charge in [0.15, 0.2) is 0 Å². The number of rotatable bonds is 12. The van der Waals surface area contributed by atoms with E-state index in [9.17, 15) is 10.2 Å². The molecule has 0 saturated heterocycles. The monoisotopic (exact) mass is 420 g/mol. The molecule has 0 aliphatic rings. The highest BCUT2D eigenvalue weighted by atomic mass is 16.3. The van der Waals surface area contributed by atoms with Gasteiger partial charge in [-0.3, -0.25) is 0 Å². The number of hydrogen-bond donors (Lipinski definition) is 2. The van der Waals surface area contributed by atoms with Crippen LogP contribution in [0.1, 0.15) is 91.2 Å². The second-order valence-corrected chi connectivity index (χ2v) is 11.1. The van der Waals surface area contributed by atoms with Crippen molar-refractivity contribution in [3.63, 3.8) is 0 Å². The van der Waals surface area contributed by atoms with Crippen LogP contribution >= 0.6 is 0 Å². The molecule has 174 valence electrons. The van der Waals surface area contributed by atoms with Crippen LogP contribution in [0.5, 0.6) is 11.5 Å². The van der Waals surface area contributed by atoms with E-state index < -0.39 is 0 Å². The zero-order valence-corrected chi connectivity index (χ0v) is 21.3. The van der Waals surface area contributed by atoms with Crippen LogP contribution in [0.3, 0.4) is 0 Å². The van der Waals surface area contributed by atoms with Gasteiger partial charge in [0, 0.05) is 23.2 Å². The minimum absolute atomic E-state index is 0.183. The number of aromatic hydroxyl groups is 2.